The van der Waals surface area contributed by atoms with Crippen LogP contribution in [0.5, 0.6) is 11.5 Å². The van der Waals surface area contributed by atoms with Gasteiger partial charge in [-0.1, -0.05) is 22.0 Å². The van der Waals surface area contributed by atoms with Crippen LogP contribution in [0.25, 0.3) is 10.8 Å². The highest BCUT2D eigenvalue weighted by atomic mass is 79.9. The maximum atomic E-state index is 5.36. The lowest BCUT2D eigenvalue weighted by Crippen LogP contribution is -1.98. The number of methoxy groups -OCH3 is 2. The van der Waals surface area contributed by atoms with Crippen molar-refractivity contribution in [2.24, 2.45) is 0 Å². The summed E-state index contributed by atoms with van der Waals surface area (Å²) >= 11 is 3.45. The van der Waals surface area contributed by atoms with Gasteiger partial charge >= 0.3 is 0 Å². The minimum absolute atomic E-state index is 0.653. The van der Waals surface area contributed by atoms with Crippen molar-refractivity contribution in [1.29, 1.82) is 0 Å². The monoisotopic (exact) mass is 359 g/mol. The summed E-state index contributed by atoms with van der Waals surface area (Å²) in [5.41, 5.74) is 0.922. The second kappa shape index (κ2) is 6.19. The summed E-state index contributed by atoms with van der Waals surface area (Å²) in [4.78, 5) is 0. The molecule has 22 heavy (non-hydrogen) atoms. The van der Waals surface area contributed by atoms with Gasteiger partial charge in [-0.15, -0.1) is 5.10 Å². The number of fused-ring (bicyclic) bond motifs is 1. The molecule has 0 aliphatic carbocycles. The third-order valence-corrected chi connectivity index (χ3v) is 3.75. The maximum absolute atomic E-state index is 5.36. The Bertz CT molecular complexity index is 824. The lowest BCUT2D eigenvalue weighted by Gasteiger charge is -2.12. The molecule has 0 aliphatic heterocycles. The van der Waals surface area contributed by atoms with Gasteiger partial charge in [0, 0.05) is 20.9 Å². The molecule has 0 unspecified atom stereocenters. The predicted octanol–water partition coefficient (Wildman–Crippen LogP) is 4.15. The van der Waals surface area contributed by atoms with E-state index in [0.717, 1.165) is 20.9 Å². The van der Waals surface area contributed by atoms with E-state index in [1.165, 1.54) is 0 Å². The second-order valence-corrected chi connectivity index (χ2v) is 5.54. The van der Waals surface area contributed by atoms with Crippen molar-refractivity contribution in [2.45, 2.75) is 0 Å². The summed E-state index contributed by atoms with van der Waals surface area (Å²) in [7, 11) is 3.22. The van der Waals surface area contributed by atoms with E-state index in [2.05, 4.69) is 31.4 Å². The molecule has 0 radical (unpaired) electrons. The van der Waals surface area contributed by atoms with Gasteiger partial charge < -0.3 is 14.8 Å². The molecule has 0 atom stereocenters. The summed E-state index contributed by atoms with van der Waals surface area (Å²) in [6, 6.07) is 11.6. The molecule has 0 aliphatic rings. The molecule has 0 bridgehead atoms. The second-order valence-electron chi connectivity index (χ2n) is 4.62. The van der Waals surface area contributed by atoms with E-state index in [1.807, 2.05) is 36.4 Å². The summed E-state index contributed by atoms with van der Waals surface area (Å²) in [5, 5.41) is 13.3. The molecule has 1 N–H and O–H groups in total. The van der Waals surface area contributed by atoms with E-state index < -0.39 is 0 Å². The van der Waals surface area contributed by atoms with Crippen LogP contribution in [0.2, 0.25) is 0 Å². The van der Waals surface area contributed by atoms with Gasteiger partial charge in [-0.05, 0) is 30.3 Å². The largest absolute Gasteiger partial charge is 0.493 e. The molecule has 3 rings (SSSR count). The number of nitrogens with zero attached hydrogens (tertiary/aromatic N) is 2. The smallest absolute Gasteiger partial charge is 0.161 e. The van der Waals surface area contributed by atoms with Crippen molar-refractivity contribution in [3.8, 4) is 11.5 Å². The van der Waals surface area contributed by atoms with E-state index in [0.29, 0.717) is 17.3 Å². The lowest BCUT2D eigenvalue weighted by molar-refractivity contribution is 0.356. The number of halogens is 1. The molecule has 1 aromatic heterocycles. The Kier molecular flexibility index (Phi) is 4.11. The van der Waals surface area contributed by atoms with Crippen LogP contribution in [0.4, 0.5) is 11.5 Å². The number of hydrogen-bond acceptors (Lipinski definition) is 5. The fourth-order valence-electron chi connectivity index (χ4n) is 2.20. The highest BCUT2D eigenvalue weighted by molar-refractivity contribution is 9.10. The molecular weight excluding hydrogens is 346 g/mol. The van der Waals surface area contributed by atoms with Gasteiger partial charge in [-0.25, -0.2) is 0 Å². The van der Waals surface area contributed by atoms with Crippen molar-refractivity contribution in [3.63, 3.8) is 0 Å². The molecule has 112 valence electrons. The van der Waals surface area contributed by atoms with E-state index >= 15 is 0 Å². The number of hydrogen-bond donors (Lipinski definition) is 1. The normalized spacial score (nSPS) is 10.5. The van der Waals surface area contributed by atoms with Crippen LogP contribution < -0.4 is 14.8 Å². The third kappa shape index (κ3) is 2.82. The topological polar surface area (TPSA) is 56.3 Å². The molecule has 5 nitrogen and oxygen atoms in total. The Labute approximate surface area is 136 Å². The van der Waals surface area contributed by atoms with Crippen LogP contribution in [-0.4, -0.2) is 24.4 Å². The van der Waals surface area contributed by atoms with Crippen LogP contribution >= 0.6 is 15.9 Å². The van der Waals surface area contributed by atoms with Crippen molar-refractivity contribution in [1.82, 2.24) is 10.2 Å². The zero-order valence-corrected chi connectivity index (χ0v) is 13.7. The predicted molar refractivity (Wildman–Crippen MR) is 90.1 cm³/mol. The van der Waals surface area contributed by atoms with E-state index in [1.54, 1.807) is 20.4 Å². The summed E-state index contributed by atoms with van der Waals surface area (Å²) in [6.45, 7) is 0. The first kappa shape index (κ1) is 14.6. The van der Waals surface area contributed by atoms with Crippen molar-refractivity contribution in [3.05, 3.63) is 47.1 Å². The Morgan fingerprint density at radius 2 is 1.82 bits per heavy atom. The molecule has 3 aromatic rings. The van der Waals surface area contributed by atoms with E-state index in [-0.39, 0.29) is 0 Å². The van der Waals surface area contributed by atoms with Crippen molar-refractivity contribution >= 4 is 38.2 Å². The number of rotatable bonds is 4. The summed E-state index contributed by atoms with van der Waals surface area (Å²) < 4.78 is 11.7. The highest BCUT2D eigenvalue weighted by Gasteiger charge is 2.10. The lowest BCUT2D eigenvalue weighted by atomic mass is 10.1. The van der Waals surface area contributed by atoms with Crippen LogP contribution in [0.3, 0.4) is 0 Å². The van der Waals surface area contributed by atoms with Gasteiger partial charge in [-0.3, -0.25) is 0 Å². The number of ether oxygens (including phenoxy) is 2. The van der Waals surface area contributed by atoms with Gasteiger partial charge in [0.15, 0.2) is 17.3 Å². The van der Waals surface area contributed by atoms with Crippen molar-refractivity contribution in [2.75, 3.05) is 19.5 Å². The van der Waals surface area contributed by atoms with Gasteiger partial charge in [0.2, 0.25) is 0 Å². The highest BCUT2D eigenvalue weighted by Crippen LogP contribution is 2.35. The van der Waals surface area contributed by atoms with Crippen LogP contribution in [-0.2, 0) is 0 Å². The van der Waals surface area contributed by atoms with Crippen molar-refractivity contribution < 1.29 is 9.47 Å². The molecule has 6 heteroatoms. The van der Waals surface area contributed by atoms with E-state index in [9.17, 15) is 0 Å². The summed E-state index contributed by atoms with van der Waals surface area (Å²) in [5.74, 6) is 1.98. The fraction of sp³-hybridized carbons (Fsp3) is 0.125. The minimum atomic E-state index is 0.653. The molecule has 0 saturated heterocycles. The molecule has 0 spiro atoms. The SMILES string of the molecule is COc1cc2cnnc(Nc3cccc(Br)c3)c2cc1OC. The van der Waals surface area contributed by atoms with Gasteiger partial charge in [0.25, 0.3) is 0 Å². The first-order valence-corrected chi connectivity index (χ1v) is 7.40. The number of aromatic nitrogens is 2. The number of nitrogens with one attached hydrogen (secondary N) is 1. The van der Waals surface area contributed by atoms with E-state index in [4.69, 9.17) is 9.47 Å². The fourth-order valence-corrected chi connectivity index (χ4v) is 2.60. The third-order valence-electron chi connectivity index (χ3n) is 3.25. The Morgan fingerprint density at radius 3 is 2.55 bits per heavy atom. The first-order chi connectivity index (χ1) is 10.7. The Balaban J connectivity index is 2.09. The molecule has 2 aromatic carbocycles. The number of benzene rings is 2. The first-order valence-electron chi connectivity index (χ1n) is 6.61. The maximum Gasteiger partial charge on any atom is 0.161 e. The van der Waals surface area contributed by atoms with Crippen LogP contribution in [0, 0.1) is 0 Å². The zero-order chi connectivity index (χ0) is 15.5. The minimum Gasteiger partial charge on any atom is -0.493 e. The number of anilines is 2. The molecule has 1 heterocycles. The summed E-state index contributed by atoms with van der Waals surface area (Å²) in [6.07, 6.45) is 1.70. The van der Waals surface area contributed by atoms with Gasteiger partial charge in [0.05, 0.1) is 20.4 Å². The molecule has 0 saturated carbocycles. The molecule has 0 amide bonds. The average Bonchev–Trinajstić information content (AvgIpc) is 2.54. The quantitative estimate of drug-likeness (QED) is 0.757. The van der Waals surface area contributed by atoms with Crippen LogP contribution in [0.15, 0.2) is 47.1 Å². The standard InChI is InChI=1S/C16H14BrN3O2/c1-21-14-6-10-9-18-20-16(13(10)8-15(14)22-2)19-12-5-3-4-11(17)7-12/h3-9H,1-2H3,(H,19,20). The van der Waals surface area contributed by atoms with Gasteiger partial charge in [0.1, 0.15) is 0 Å². The molecule has 0 fully saturated rings. The Morgan fingerprint density at radius 1 is 1.05 bits per heavy atom. The Hall–Kier alpha value is -2.34. The zero-order valence-electron chi connectivity index (χ0n) is 12.1. The average molecular weight is 360 g/mol. The van der Waals surface area contributed by atoms with Crippen LogP contribution in [0.1, 0.15) is 0 Å². The molecular formula is C16H14BrN3O2. The van der Waals surface area contributed by atoms with Gasteiger partial charge in [-0.2, -0.15) is 5.10 Å².